The Bertz CT molecular complexity index is 960. The molecule has 173 valence electrons. The third-order valence-electron chi connectivity index (χ3n) is 5.78. The predicted molar refractivity (Wildman–Crippen MR) is 118 cm³/mol. The van der Waals surface area contributed by atoms with Gasteiger partial charge in [-0.3, -0.25) is 9.69 Å². The molecular weight excluding hydrogens is 439 g/mol. The summed E-state index contributed by atoms with van der Waals surface area (Å²) in [6.45, 7) is 7.00. The van der Waals surface area contributed by atoms with E-state index in [9.17, 15) is 14.4 Å². The van der Waals surface area contributed by atoms with Crippen molar-refractivity contribution < 1.29 is 23.5 Å². The Morgan fingerprint density at radius 3 is 2.66 bits per heavy atom. The number of carbonyl (C=O) groups excluding carboxylic acids is 3. The Labute approximate surface area is 191 Å². The van der Waals surface area contributed by atoms with E-state index in [1.807, 2.05) is 4.90 Å². The van der Waals surface area contributed by atoms with Gasteiger partial charge in [0.25, 0.3) is 5.91 Å². The number of ether oxygens (including phenoxy) is 1. The van der Waals surface area contributed by atoms with E-state index in [2.05, 4.69) is 10.6 Å². The van der Waals surface area contributed by atoms with Crippen LogP contribution < -0.4 is 20.4 Å². The van der Waals surface area contributed by atoms with Gasteiger partial charge in [0.2, 0.25) is 0 Å². The molecule has 1 saturated heterocycles. The molecule has 1 aromatic rings. The Balaban J connectivity index is 1.46. The average molecular weight is 466 g/mol. The molecule has 2 aliphatic heterocycles. The van der Waals surface area contributed by atoms with E-state index in [1.54, 1.807) is 20.8 Å². The van der Waals surface area contributed by atoms with E-state index < -0.39 is 29.4 Å². The number of anilines is 2. The van der Waals surface area contributed by atoms with Gasteiger partial charge in [0, 0.05) is 25.7 Å². The van der Waals surface area contributed by atoms with Crippen LogP contribution in [0.4, 0.5) is 25.4 Å². The number of alkyl carbamates (subject to hydrolysis) is 1. The molecule has 0 bridgehead atoms. The van der Waals surface area contributed by atoms with Gasteiger partial charge >= 0.3 is 12.1 Å². The lowest BCUT2D eigenvalue weighted by Crippen LogP contribution is -2.45. The minimum absolute atomic E-state index is 0.0278. The highest BCUT2D eigenvalue weighted by Crippen LogP contribution is 2.46. The number of benzene rings is 1. The average Bonchev–Trinajstić information content (AvgIpc) is 3.40. The van der Waals surface area contributed by atoms with Crippen LogP contribution in [0.25, 0.3) is 0 Å². The molecule has 4 rings (SSSR count). The zero-order chi connectivity index (χ0) is 23.2. The van der Waals surface area contributed by atoms with Crippen LogP contribution in [0.1, 0.15) is 56.8 Å². The van der Waals surface area contributed by atoms with Gasteiger partial charge in [0.1, 0.15) is 11.4 Å². The molecule has 1 aliphatic carbocycles. The van der Waals surface area contributed by atoms with Crippen molar-refractivity contribution in [2.45, 2.75) is 58.1 Å². The summed E-state index contributed by atoms with van der Waals surface area (Å²) in [5.41, 5.74) is -0.0499. The topological polar surface area (TPSA) is 93.1 Å². The number of nitrogens with one attached hydrogen (secondary N) is 1. The molecule has 1 atom stereocenters. The summed E-state index contributed by atoms with van der Waals surface area (Å²) >= 11 is 6.62. The van der Waals surface area contributed by atoms with E-state index in [-0.39, 0.29) is 33.9 Å². The molecule has 2 heterocycles. The maximum Gasteiger partial charge on any atom is 0.407 e. The van der Waals surface area contributed by atoms with Crippen LogP contribution >= 0.6 is 11.6 Å². The zero-order valence-electron chi connectivity index (χ0n) is 18.4. The predicted octanol–water partition coefficient (Wildman–Crippen LogP) is 4.07. The van der Waals surface area contributed by atoms with Crippen LogP contribution in [0.3, 0.4) is 0 Å². The van der Waals surface area contributed by atoms with Gasteiger partial charge in [-0.2, -0.15) is 5.32 Å². The van der Waals surface area contributed by atoms with Crippen molar-refractivity contribution in [1.82, 2.24) is 10.6 Å². The van der Waals surface area contributed by atoms with Crippen molar-refractivity contribution in [2.24, 2.45) is 5.92 Å². The molecule has 4 amide bonds. The van der Waals surface area contributed by atoms with Gasteiger partial charge < -0.3 is 15.0 Å². The lowest BCUT2D eigenvalue weighted by Gasteiger charge is -2.31. The highest BCUT2D eigenvalue weighted by Gasteiger charge is 2.43. The van der Waals surface area contributed by atoms with Crippen LogP contribution in [0, 0.1) is 11.7 Å². The number of nitrogens with zero attached hydrogens (tertiary/aromatic N) is 3. The number of rotatable bonds is 5. The fraction of sp³-hybridized carbons (Fsp3) is 0.591. The summed E-state index contributed by atoms with van der Waals surface area (Å²) in [5.74, 6) is -1.13. The molecular formula is C22H27ClFN4O4. The maximum absolute atomic E-state index is 15.1. The molecule has 1 saturated carbocycles. The first-order chi connectivity index (χ1) is 15.0. The molecule has 1 unspecified atom stereocenters. The Kier molecular flexibility index (Phi) is 5.96. The first-order valence-electron chi connectivity index (χ1n) is 10.9. The van der Waals surface area contributed by atoms with Gasteiger partial charge in [0.05, 0.1) is 22.0 Å². The van der Waals surface area contributed by atoms with Crippen molar-refractivity contribution in [3.8, 4) is 0 Å². The molecule has 32 heavy (non-hydrogen) atoms. The van der Waals surface area contributed by atoms with Crippen molar-refractivity contribution in [2.75, 3.05) is 29.4 Å². The number of hydrogen-bond acceptors (Lipinski definition) is 5. The smallest absolute Gasteiger partial charge is 0.407 e. The third-order valence-corrected chi connectivity index (χ3v) is 6.14. The van der Waals surface area contributed by atoms with Gasteiger partial charge in [-0.05, 0) is 58.4 Å². The number of amides is 4. The van der Waals surface area contributed by atoms with Crippen molar-refractivity contribution in [1.29, 1.82) is 0 Å². The lowest BCUT2D eigenvalue weighted by atomic mass is 10.0. The summed E-state index contributed by atoms with van der Waals surface area (Å²) in [5, 5.41) is 6.35. The Hall–Kier alpha value is -2.55. The minimum Gasteiger partial charge on any atom is -0.444 e. The van der Waals surface area contributed by atoms with Gasteiger partial charge in [-0.15, -0.1) is 0 Å². The van der Waals surface area contributed by atoms with Crippen LogP contribution in [0.5, 0.6) is 0 Å². The van der Waals surface area contributed by atoms with Crippen LogP contribution in [-0.4, -0.2) is 49.3 Å². The van der Waals surface area contributed by atoms with E-state index in [0.717, 1.165) is 25.3 Å². The number of carbonyl (C=O) groups is 3. The second kappa shape index (κ2) is 8.42. The number of fused-ring (bicyclic) bond motifs is 1. The molecule has 0 aromatic heterocycles. The number of halogens is 2. The Morgan fingerprint density at radius 2 is 2.00 bits per heavy atom. The molecule has 0 spiro atoms. The molecule has 8 nitrogen and oxygen atoms in total. The highest BCUT2D eigenvalue weighted by molar-refractivity contribution is 6.38. The SMILES string of the molecule is CC(C)(C)OC(=O)NCCC1CCN(c2c(F)cc3c(c2Cl)N(C2CC2)C(=O)[N]C3=O)C1. The van der Waals surface area contributed by atoms with E-state index in [0.29, 0.717) is 26.1 Å². The second-order valence-corrected chi connectivity index (χ2v) is 9.91. The quantitative estimate of drug-likeness (QED) is 0.707. The number of urea groups is 1. The van der Waals surface area contributed by atoms with E-state index in [4.69, 9.17) is 16.3 Å². The van der Waals surface area contributed by atoms with Crippen molar-refractivity contribution in [3.63, 3.8) is 0 Å². The normalized spacial score (nSPS) is 20.8. The molecule has 10 heteroatoms. The molecule has 2 fully saturated rings. The van der Waals surface area contributed by atoms with Crippen LogP contribution in [0.2, 0.25) is 5.02 Å². The summed E-state index contributed by atoms with van der Waals surface area (Å²) < 4.78 is 20.3. The number of imide groups is 1. The highest BCUT2D eigenvalue weighted by atomic mass is 35.5. The monoisotopic (exact) mass is 465 g/mol. The number of hydrogen-bond donors (Lipinski definition) is 1. The zero-order valence-corrected chi connectivity index (χ0v) is 19.2. The fourth-order valence-corrected chi connectivity index (χ4v) is 4.62. The summed E-state index contributed by atoms with van der Waals surface area (Å²) in [6, 6.07) is 0.442. The van der Waals surface area contributed by atoms with E-state index >= 15 is 4.39 Å². The van der Waals surface area contributed by atoms with Crippen LogP contribution in [-0.2, 0) is 4.74 Å². The van der Waals surface area contributed by atoms with Crippen molar-refractivity contribution >= 4 is 41.0 Å². The molecule has 1 aromatic carbocycles. The standard InChI is InChI=1S/C22H27ClFN4O4/c1-22(2,3)32-21(31)25-8-6-12-7-9-27(11-12)18-15(24)10-14-17(16(18)23)28(13-4-5-13)20(30)26-19(14)29/h10,12-13H,4-9,11H2,1-3H3,(H,25,31). The maximum atomic E-state index is 15.1. The van der Waals surface area contributed by atoms with Gasteiger partial charge in [-0.25, -0.2) is 14.0 Å². The summed E-state index contributed by atoms with van der Waals surface area (Å²) in [7, 11) is 0. The van der Waals surface area contributed by atoms with Crippen LogP contribution in [0.15, 0.2) is 6.07 Å². The summed E-state index contributed by atoms with van der Waals surface area (Å²) in [6.07, 6.45) is 2.66. The molecule has 1 radical (unpaired) electrons. The first-order valence-corrected chi connectivity index (χ1v) is 11.3. The van der Waals surface area contributed by atoms with E-state index in [1.165, 1.54) is 4.90 Å². The van der Waals surface area contributed by atoms with Crippen molar-refractivity contribution in [3.05, 3.63) is 22.5 Å². The lowest BCUT2D eigenvalue weighted by molar-refractivity contribution is 0.0525. The van der Waals surface area contributed by atoms with Gasteiger partial charge in [0.15, 0.2) is 0 Å². The minimum atomic E-state index is -0.762. The molecule has 3 aliphatic rings. The second-order valence-electron chi connectivity index (χ2n) is 9.54. The summed E-state index contributed by atoms with van der Waals surface area (Å²) in [4.78, 5) is 39.7. The fourth-order valence-electron chi connectivity index (χ4n) is 4.22. The largest absolute Gasteiger partial charge is 0.444 e. The first kappa shape index (κ1) is 22.6. The Morgan fingerprint density at radius 1 is 1.28 bits per heavy atom. The molecule has 1 N–H and O–H groups in total. The van der Waals surface area contributed by atoms with Gasteiger partial charge in [-0.1, -0.05) is 11.6 Å². The third kappa shape index (κ3) is 4.62.